The second-order valence-electron chi connectivity index (χ2n) is 8.97. The van der Waals surface area contributed by atoms with E-state index in [4.69, 9.17) is 0 Å². The SMILES string of the molecule is Cc1cnc2cc(C3CCN(c4ccnnc4C)CC3)c(=O)n(Cc3ncccc3C(F)(F)F)c2n1. The highest BCUT2D eigenvalue weighted by molar-refractivity contribution is 5.71. The monoisotopic (exact) mass is 495 g/mol. The van der Waals surface area contributed by atoms with Gasteiger partial charge < -0.3 is 4.90 Å². The third kappa shape index (κ3) is 4.52. The Labute approximate surface area is 204 Å². The van der Waals surface area contributed by atoms with Gasteiger partial charge in [-0.15, -0.1) is 0 Å². The van der Waals surface area contributed by atoms with Gasteiger partial charge in [0, 0.05) is 31.0 Å². The van der Waals surface area contributed by atoms with Crippen LogP contribution >= 0.6 is 0 Å². The molecule has 1 aliphatic rings. The van der Waals surface area contributed by atoms with Crippen molar-refractivity contribution >= 4 is 16.9 Å². The number of hydrogen-bond donors (Lipinski definition) is 0. The average Bonchev–Trinajstić information content (AvgIpc) is 2.86. The van der Waals surface area contributed by atoms with Crippen LogP contribution in [-0.2, 0) is 12.7 Å². The first-order valence-electron chi connectivity index (χ1n) is 11.6. The van der Waals surface area contributed by atoms with Crippen molar-refractivity contribution in [3.8, 4) is 0 Å². The van der Waals surface area contributed by atoms with Gasteiger partial charge in [-0.25, -0.2) is 4.98 Å². The van der Waals surface area contributed by atoms with Crippen molar-refractivity contribution < 1.29 is 13.2 Å². The van der Waals surface area contributed by atoms with Crippen LogP contribution in [0.25, 0.3) is 11.2 Å². The van der Waals surface area contributed by atoms with E-state index in [1.807, 2.05) is 13.0 Å². The lowest BCUT2D eigenvalue weighted by molar-refractivity contribution is -0.138. The lowest BCUT2D eigenvalue weighted by Crippen LogP contribution is -2.36. The summed E-state index contributed by atoms with van der Waals surface area (Å²) in [7, 11) is 0. The van der Waals surface area contributed by atoms with Crippen LogP contribution in [0.15, 0.2) is 47.7 Å². The third-order valence-electron chi connectivity index (χ3n) is 6.60. The number of alkyl halides is 3. The zero-order chi connectivity index (χ0) is 25.4. The fourth-order valence-corrected chi connectivity index (χ4v) is 4.81. The van der Waals surface area contributed by atoms with Crippen LogP contribution < -0.4 is 10.5 Å². The highest BCUT2D eigenvalue weighted by atomic mass is 19.4. The van der Waals surface area contributed by atoms with E-state index < -0.39 is 11.7 Å². The number of pyridine rings is 2. The molecule has 4 aromatic rings. The standard InChI is InChI=1S/C25H24F3N7O/c1-15-13-30-20-12-18(17-6-10-34(11-7-17)22-5-9-31-33-16(22)2)24(36)35(23(20)32-15)14-21-19(25(26,27)28)4-3-8-29-21/h3-5,8-9,12-13,17H,6-7,10-11,14H2,1-2H3. The van der Waals surface area contributed by atoms with Crippen LogP contribution in [0.1, 0.15) is 47.0 Å². The topological polar surface area (TPSA) is 89.7 Å². The van der Waals surface area contributed by atoms with Gasteiger partial charge in [-0.1, -0.05) is 0 Å². The Kier molecular flexibility index (Phi) is 6.15. The summed E-state index contributed by atoms with van der Waals surface area (Å²) in [5.74, 6) is -0.0616. The van der Waals surface area contributed by atoms with E-state index in [0.717, 1.165) is 17.4 Å². The molecule has 5 heterocycles. The van der Waals surface area contributed by atoms with E-state index in [9.17, 15) is 18.0 Å². The molecule has 0 aliphatic carbocycles. The molecule has 1 saturated heterocycles. The summed E-state index contributed by atoms with van der Waals surface area (Å²) in [6.07, 6.45) is 1.37. The van der Waals surface area contributed by atoms with E-state index in [-0.39, 0.29) is 29.4 Å². The number of rotatable bonds is 4. The molecule has 0 bridgehead atoms. The first-order valence-corrected chi connectivity index (χ1v) is 11.6. The van der Waals surface area contributed by atoms with Gasteiger partial charge in [-0.05, 0) is 56.9 Å². The maximum atomic E-state index is 13.7. The van der Waals surface area contributed by atoms with Crippen LogP contribution in [0.2, 0.25) is 0 Å². The number of nitrogens with zero attached hydrogens (tertiary/aromatic N) is 7. The molecule has 0 N–H and O–H groups in total. The van der Waals surface area contributed by atoms with Gasteiger partial charge in [0.1, 0.15) is 5.52 Å². The van der Waals surface area contributed by atoms with Crippen LogP contribution in [0, 0.1) is 13.8 Å². The Morgan fingerprint density at radius 1 is 1.08 bits per heavy atom. The van der Waals surface area contributed by atoms with Crippen molar-refractivity contribution in [2.45, 2.75) is 45.3 Å². The van der Waals surface area contributed by atoms with Crippen molar-refractivity contribution in [2.75, 3.05) is 18.0 Å². The fraction of sp³-hybridized carbons (Fsp3) is 0.360. The molecule has 0 unspecified atom stereocenters. The fourth-order valence-electron chi connectivity index (χ4n) is 4.81. The van der Waals surface area contributed by atoms with E-state index in [2.05, 4.69) is 30.0 Å². The summed E-state index contributed by atoms with van der Waals surface area (Å²) >= 11 is 0. The van der Waals surface area contributed by atoms with E-state index >= 15 is 0 Å². The zero-order valence-corrected chi connectivity index (χ0v) is 19.8. The summed E-state index contributed by atoms with van der Waals surface area (Å²) in [4.78, 5) is 28.8. The Bertz CT molecular complexity index is 1480. The molecule has 5 rings (SSSR count). The van der Waals surface area contributed by atoms with Gasteiger partial charge in [0.25, 0.3) is 5.56 Å². The molecule has 0 atom stereocenters. The third-order valence-corrected chi connectivity index (χ3v) is 6.60. The summed E-state index contributed by atoms with van der Waals surface area (Å²) in [5, 5.41) is 8.02. The van der Waals surface area contributed by atoms with Gasteiger partial charge in [0.2, 0.25) is 0 Å². The molecule has 0 amide bonds. The maximum absolute atomic E-state index is 13.7. The van der Waals surface area contributed by atoms with Gasteiger partial charge in [0.05, 0.1) is 41.1 Å². The number of aryl methyl sites for hydroxylation is 2. The zero-order valence-electron chi connectivity index (χ0n) is 19.8. The molecule has 11 heteroatoms. The second kappa shape index (κ2) is 9.29. The molecule has 0 saturated carbocycles. The first kappa shape index (κ1) is 23.8. The van der Waals surface area contributed by atoms with Crippen LogP contribution in [0.4, 0.5) is 18.9 Å². The van der Waals surface area contributed by atoms with Crippen molar-refractivity contribution in [3.05, 3.63) is 81.4 Å². The first-order chi connectivity index (χ1) is 17.2. The van der Waals surface area contributed by atoms with Crippen molar-refractivity contribution in [1.29, 1.82) is 0 Å². The Morgan fingerprint density at radius 3 is 2.58 bits per heavy atom. The highest BCUT2D eigenvalue weighted by Crippen LogP contribution is 2.33. The predicted octanol–water partition coefficient (Wildman–Crippen LogP) is 4.04. The van der Waals surface area contributed by atoms with E-state index in [1.165, 1.54) is 16.8 Å². The smallest absolute Gasteiger partial charge is 0.370 e. The average molecular weight is 496 g/mol. The molecule has 1 aliphatic heterocycles. The Balaban J connectivity index is 1.53. The number of hydrogen-bond acceptors (Lipinski definition) is 7. The van der Waals surface area contributed by atoms with Crippen molar-refractivity contribution in [3.63, 3.8) is 0 Å². The molecular weight excluding hydrogens is 471 g/mol. The van der Waals surface area contributed by atoms with Crippen molar-refractivity contribution in [2.24, 2.45) is 0 Å². The quantitative estimate of drug-likeness (QED) is 0.422. The lowest BCUT2D eigenvalue weighted by Gasteiger charge is -2.34. The minimum Gasteiger partial charge on any atom is -0.370 e. The van der Waals surface area contributed by atoms with Gasteiger partial charge in [-0.3, -0.25) is 19.3 Å². The minimum atomic E-state index is -4.59. The molecule has 0 spiro atoms. The Hall–Kier alpha value is -3.89. The van der Waals surface area contributed by atoms with E-state index in [1.54, 1.807) is 25.4 Å². The lowest BCUT2D eigenvalue weighted by atomic mass is 9.89. The number of fused-ring (bicyclic) bond motifs is 1. The molecule has 0 aromatic carbocycles. The summed E-state index contributed by atoms with van der Waals surface area (Å²) < 4.78 is 42.2. The summed E-state index contributed by atoms with van der Waals surface area (Å²) in [6, 6.07) is 5.88. The molecule has 0 radical (unpaired) electrons. The van der Waals surface area contributed by atoms with Gasteiger partial charge >= 0.3 is 6.18 Å². The summed E-state index contributed by atoms with van der Waals surface area (Å²) in [5.41, 5.74) is 2.21. The number of halogens is 3. The maximum Gasteiger partial charge on any atom is 0.418 e. The largest absolute Gasteiger partial charge is 0.418 e. The summed E-state index contributed by atoms with van der Waals surface area (Å²) in [6.45, 7) is 4.71. The molecule has 36 heavy (non-hydrogen) atoms. The number of aromatic nitrogens is 6. The predicted molar refractivity (Wildman–Crippen MR) is 128 cm³/mol. The van der Waals surface area contributed by atoms with Gasteiger partial charge in [0.15, 0.2) is 5.65 Å². The minimum absolute atomic E-state index is 0.0616. The van der Waals surface area contributed by atoms with E-state index in [0.29, 0.717) is 42.7 Å². The molecular formula is C25H24F3N7O. The normalized spacial score (nSPS) is 15.0. The van der Waals surface area contributed by atoms with Crippen LogP contribution in [0.3, 0.4) is 0 Å². The Morgan fingerprint density at radius 2 is 1.86 bits per heavy atom. The molecule has 8 nitrogen and oxygen atoms in total. The van der Waals surface area contributed by atoms with Crippen LogP contribution in [-0.4, -0.2) is 42.8 Å². The second-order valence-corrected chi connectivity index (χ2v) is 8.97. The molecule has 186 valence electrons. The molecule has 4 aromatic heterocycles. The van der Waals surface area contributed by atoms with Gasteiger partial charge in [-0.2, -0.15) is 23.4 Å². The number of piperidine rings is 1. The molecule has 1 fully saturated rings. The van der Waals surface area contributed by atoms with Crippen LogP contribution in [0.5, 0.6) is 0 Å². The number of anilines is 1. The van der Waals surface area contributed by atoms with Crippen molar-refractivity contribution in [1.82, 2.24) is 29.7 Å². The highest BCUT2D eigenvalue weighted by Gasteiger charge is 2.34.